The Labute approximate surface area is 80.8 Å². The zero-order valence-electron chi connectivity index (χ0n) is 7.81. The molecule has 4 nitrogen and oxygen atoms in total. The second kappa shape index (κ2) is 3.85. The van der Waals surface area contributed by atoms with E-state index >= 15 is 0 Å². The summed E-state index contributed by atoms with van der Waals surface area (Å²) in [5.41, 5.74) is 0.611. The topological polar surface area (TPSA) is 53.4 Å². The predicted molar refractivity (Wildman–Crippen MR) is 50.9 cm³/mol. The molecule has 0 saturated carbocycles. The van der Waals surface area contributed by atoms with E-state index in [9.17, 15) is 4.79 Å². The Kier molecular flexibility index (Phi) is 3.00. The maximum absolute atomic E-state index is 10.9. The first-order valence-corrected chi connectivity index (χ1v) is 4.71. The van der Waals surface area contributed by atoms with Gasteiger partial charge in [-0.1, -0.05) is 0 Å². The number of aryl methyl sites for hydroxylation is 1. The number of thiazole rings is 1. The number of rotatable bonds is 3. The van der Waals surface area contributed by atoms with Crippen molar-refractivity contribution >= 4 is 17.3 Å². The van der Waals surface area contributed by atoms with Gasteiger partial charge in [-0.3, -0.25) is 9.69 Å². The van der Waals surface area contributed by atoms with Crippen molar-refractivity contribution < 1.29 is 9.90 Å². The second-order valence-corrected chi connectivity index (χ2v) is 4.06. The third-order valence-electron chi connectivity index (χ3n) is 1.67. The van der Waals surface area contributed by atoms with E-state index in [-0.39, 0.29) is 0 Å². The number of aliphatic carboxylic acids is 1. The lowest BCUT2D eigenvalue weighted by Crippen LogP contribution is -2.27. The minimum Gasteiger partial charge on any atom is -0.480 e. The molecule has 5 heteroatoms. The van der Waals surface area contributed by atoms with Gasteiger partial charge in [0, 0.05) is 5.38 Å². The number of carboxylic acids is 1. The van der Waals surface area contributed by atoms with E-state index in [1.807, 2.05) is 6.92 Å². The molecule has 1 N–H and O–H groups in total. The molecular formula is C8H12N2O2S. The van der Waals surface area contributed by atoms with Gasteiger partial charge in [-0.2, -0.15) is 0 Å². The summed E-state index contributed by atoms with van der Waals surface area (Å²) in [5, 5.41) is 11.6. The summed E-state index contributed by atoms with van der Waals surface area (Å²) < 4.78 is 0. The number of hydrogen-bond acceptors (Lipinski definition) is 4. The van der Waals surface area contributed by atoms with E-state index < -0.39 is 12.0 Å². The average Bonchev–Trinajstić information content (AvgIpc) is 2.34. The Balaban J connectivity index is 2.95. The molecule has 0 unspecified atom stereocenters. The van der Waals surface area contributed by atoms with Crippen molar-refractivity contribution in [1.82, 2.24) is 9.88 Å². The first kappa shape index (κ1) is 10.1. The highest BCUT2D eigenvalue weighted by Gasteiger charge is 2.24. The maximum Gasteiger partial charge on any atom is 0.327 e. The Morgan fingerprint density at radius 2 is 2.31 bits per heavy atom. The van der Waals surface area contributed by atoms with Crippen LogP contribution >= 0.6 is 11.3 Å². The van der Waals surface area contributed by atoms with Crippen LogP contribution in [0.3, 0.4) is 0 Å². The predicted octanol–water partition coefficient (Wildman–Crippen LogP) is 1.14. The van der Waals surface area contributed by atoms with Crippen molar-refractivity contribution in [3.05, 3.63) is 16.1 Å². The van der Waals surface area contributed by atoms with Crippen LogP contribution in [-0.2, 0) is 4.79 Å². The van der Waals surface area contributed by atoms with Gasteiger partial charge >= 0.3 is 5.97 Å². The van der Waals surface area contributed by atoms with Crippen molar-refractivity contribution in [2.45, 2.75) is 13.0 Å². The summed E-state index contributed by atoms with van der Waals surface area (Å²) in [6.45, 7) is 1.86. The molecule has 0 bridgehead atoms. The summed E-state index contributed by atoms with van der Waals surface area (Å²) in [6, 6.07) is -0.634. The Bertz CT molecular complexity index is 309. The summed E-state index contributed by atoms with van der Waals surface area (Å²) >= 11 is 1.47. The molecule has 0 aromatic carbocycles. The average molecular weight is 200 g/mol. The minimum atomic E-state index is -0.865. The molecule has 1 aromatic heterocycles. The highest BCUT2D eigenvalue weighted by atomic mass is 32.1. The zero-order chi connectivity index (χ0) is 10.0. The van der Waals surface area contributed by atoms with Crippen LogP contribution in [0.25, 0.3) is 0 Å². The number of nitrogens with zero attached hydrogens (tertiary/aromatic N) is 2. The minimum absolute atomic E-state index is 0.611. The molecular weight excluding hydrogens is 188 g/mol. The monoisotopic (exact) mass is 200 g/mol. The molecule has 0 spiro atoms. The standard InChI is InChI=1S/C8H12N2O2S/c1-5-9-6(4-13-5)7(8(11)12)10(2)3/h4,7H,1-3H3,(H,11,12)/t7-/m0/s1. The van der Waals surface area contributed by atoms with Crippen molar-refractivity contribution in [3.8, 4) is 0 Å². The van der Waals surface area contributed by atoms with Crippen LogP contribution in [0.5, 0.6) is 0 Å². The van der Waals surface area contributed by atoms with E-state index in [0.29, 0.717) is 5.69 Å². The van der Waals surface area contributed by atoms with Crippen molar-refractivity contribution in [2.24, 2.45) is 0 Å². The van der Waals surface area contributed by atoms with E-state index in [1.54, 1.807) is 24.4 Å². The molecule has 1 rings (SSSR count). The fourth-order valence-electron chi connectivity index (χ4n) is 1.12. The summed E-state index contributed by atoms with van der Waals surface area (Å²) in [7, 11) is 3.46. The van der Waals surface area contributed by atoms with E-state index in [4.69, 9.17) is 5.11 Å². The lowest BCUT2D eigenvalue weighted by Gasteiger charge is -2.17. The molecule has 1 heterocycles. The number of carbonyl (C=O) groups is 1. The van der Waals surface area contributed by atoms with Gasteiger partial charge in [0.25, 0.3) is 0 Å². The SMILES string of the molecule is Cc1nc([C@@H](C(=O)O)N(C)C)cs1. The van der Waals surface area contributed by atoms with Crippen LogP contribution in [0.4, 0.5) is 0 Å². The molecule has 72 valence electrons. The molecule has 0 aliphatic heterocycles. The fraction of sp³-hybridized carbons (Fsp3) is 0.500. The lowest BCUT2D eigenvalue weighted by molar-refractivity contribution is -0.142. The van der Waals surface area contributed by atoms with Crippen molar-refractivity contribution in [3.63, 3.8) is 0 Å². The number of likely N-dealkylation sites (N-methyl/N-ethyl adjacent to an activating group) is 1. The molecule has 0 aliphatic carbocycles. The van der Waals surface area contributed by atoms with E-state index in [0.717, 1.165) is 5.01 Å². The van der Waals surface area contributed by atoms with Crippen LogP contribution in [0.15, 0.2) is 5.38 Å². The third-order valence-corrected chi connectivity index (χ3v) is 2.46. The first-order chi connectivity index (χ1) is 6.02. The van der Waals surface area contributed by atoms with Crippen LogP contribution in [-0.4, -0.2) is 35.1 Å². The lowest BCUT2D eigenvalue weighted by atomic mass is 10.2. The highest BCUT2D eigenvalue weighted by Crippen LogP contribution is 2.20. The fourth-order valence-corrected chi connectivity index (χ4v) is 1.75. The third kappa shape index (κ3) is 2.26. The Hall–Kier alpha value is -0.940. The van der Waals surface area contributed by atoms with Gasteiger partial charge in [0.05, 0.1) is 10.7 Å². The van der Waals surface area contributed by atoms with Gasteiger partial charge in [-0.15, -0.1) is 11.3 Å². The van der Waals surface area contributed by atoms with Crippen LogP contribution < -0.4 is 0 Å². The van der Waals surface area contributed by atoms with Gasteiger partial charge in [0.1, 0.15) is 0 Å². The van der Waals surface area contributed by atoms with Crippen LogP contribution in [0.1, 0.15) is 16.7 Å². The maximum atomic E-state index is 10.9. The highest BCUT2D eigenvalue weighted by molar-refractivity contribution is 7.09. The molecule has 0 fully saturated rings. The number of carboxylic acid groups (broad SMARTS) is 1. The number of hydrogen-bond donors (Lipinski definition) is 1. The first-order valence-electron chi connectivity index (χ1n) is 3.83. The normalized spacial score (nSPS) is 13.2. The molecule has 0 saturated heterocycles. The smallest absolute Gasteiger partial charge is 0.327 e. The molecule has 0 radical (unpaired) electrons. The zero-order valence-corrected chi connectivity index (χ0v) is 8.63. The Morgan fingerprint density at radius 1 is 1.69 bits per heavy atom. The second-order valence-electron chi connectivity index (χ2n) is 3.00. The van der Waals surface area contributed by atoms with Gasteiger partial charge in [0.2, 0.25) is 0 Å². The van der Waals surface area contributed by atoms with Gasteiger partial charge in [0.15, 0.2) is 6.04 Å². The van der Waals surface area contributed by atoms with Gasteiger partial charge in [-0.25, -0.2) is 4.98 Å². The quantitative estimate of drug-likeness (QED) is 0.795. The summed E-state index contributed by atoms with van der Waals surface area (Å²) in [6.07, 6.45) is 0. The summed E-state index contributed by atoms with van der Waals surface area (Å²) in [5.74, 6) is -0.865. The van der Waals surface area contributed by atoms with E-state index in [1.165, 1.54) is 11.3 Å². The van der Waals surface area contributed by atoms with Crippen LogP contribution in [0, 0.1) is 6.92 Å². The Morgan fingerprint density at radius 3 is 2.62 bits per heavy atom. The molecule has 13 heavy (non-hydrogen) atoms. The van der Waals surface area contributed by atoms with E-state index in [2.05, 4.69) is 4.98 Å². The largest absolute Gasteiger partial charge is 0.480 e. The number of aromatic nitrogens is 1. The molecule has 1 atom stereocenters. The molecule has 1 aromatic rings. The van der Waals surface area contributed by atoms with Crippen molar-refractivity contribution in [2.75, 3.05) is 14.1 Å². The van der Waals surface area contributed by atoms with Crippen LogP contribution in [0.2, 0.25) is 0 Å². The molecule has 0 amide bonds. The molecule has 0 aliphatic rings. The van der Waals surface area contributed by atoms with Gasteiger partial charge < -0.3 is 5.11 Å². The summed E-state index contributed by atoms with van der Waals surface area (Å²) in [4.78, 5) is 16.7. The van der Waals surface area contributed by atoms with Crippen molar-refractivity contribution in [1.29, 1.82) is 0 Å². The van der Waals surface area contributed by atoms with Gasteiger partial charge in [-0.05, 0) is 21.0 Å².